The molecule has 1 aromatic rings. The number of piperidine rings is 1. The molecule has 5 nitrogen and oxygen atoms in total. The molecule has 0 aromatic heterocycles. The van der Waals surface area contributed by atoms with Gasteiger partial charge in [-0.1, -0.05) is 25.5 Å². The van der Waals surface area contributed by atoms with Crippen molar-refractivity contribution in [2.45, 2.75) is 83.8 Å². The molecular weight excluding hydrogens is 348 g/mol. The van der Waals surface area contributed by atoms with Crippen molar-refractivity contribution in [3.8, 4) is 6.07 Å². The molecular formula is C23H34N4O. The van der Waals surface area contributed by atoms with Crippen LogP contribution in [0.5, 0.6) is 0 Å². The first kappa shape index (κ1) is 22.0. The van der Waals surface area contributed by atoms with Crippen LogP contribution >= 0.6 is 0 Å². The zero-order valence-electron chi connectivity index (χ0n) is 17.9. The predicted octanol–water partition coefficient (Wildman–Crippen LogP) is 4.36. The molecule has 5 heteroatoms. The van der Waals surface area contributed by atoms with E-state index in [0.29, 0.717) is 5.69 Å². The monoisotopic (exact) mass is 382 g/mol. The first-order chi connectivity index (χ1) is 13.1. The van der Waals surface area contributed by atoms with Crippen molar-refractivity contribution in [2.24, 2.45) is 5.73 Å². The molecule has 0 radical (unpaired) electrons. The number of hydrogen-bond donors (Lipinski definition) is 2. The fraction of sp³-hybridized carbons (Fsp3) is 0.565. The third-order valence-corrected chi connectivity index (χ3v) is 5.48. The van der Waals surface area contributed by atoms with Gasteiger partial charge in [0.2, 0.25) is 0 Å². The van der Waals surface area contributed by atoms with Crippen LogP contribution in [-0.2, 0) is 11.2 Å². The number of benzene rings is 1. The minimum Gasteiger partial charge on any atom is -0.366 e. The molecule has 3 N–H and O–H groups in total. The van der Waals surface area contributed by atoms with Crippen molar-refractivity contribution in [3.63, 3.8) is 0 Å². The molecule has 2 rings (SSSR count). The zero-order chi connectivity index (χ0) is 20.9. The molecule has 1 aliphatic rings. The lowest BCUT2D eigenvalue weighted by Gasteiger charge is -2.54. The van der Waals surface area contributed by atoms with E-state index in [1.807, 2.05) is 24.3 Å². The topological polar surface area (TPSA) is 82.2 Å². The summed E-state index contributed by atoms with van der Waals surface area (Å²) < 4.78 is 0. The van der Waals surface area contributed by atoms with E-state index in [9.17, 15) is 10.1 Å². The number of likely N-dealkylation sites (tertiary alicyclic amines) is 1. The molecule has 0 unspecified atom stereocenters. The van der Waals surface area contributed by atoms with Gasteiger partial charge in [0.05, 0.1) is 0 Å². The molecule has 152 valence electrons. The van der Waals surface area contributed by atoms with Crippen molar-refractivity contribution in [1.29, 1.82) is 5.26 Å². The Labute approximate surface area is 169 Å². The van der Waals surface area contributed by atoms with Crippen LogP contribution in [0.1, 0.15) is 65.9 Å². The summed E-state index contributed by atoms with van der Waals surface area (Å²) in [6, 6.07) is 10.0. The molecule has 1 saturated heterocycles. The zero-order valence-corrected chi connectivity index (χ0v) is 17.9. The average Bonchev–Trinajstić information content (AvgIpc) is 2.59. The fourth-order valence-corrected chi connectivity index (χ4v) is 4.32. The summed E-state index contributed by atoms with van der Waals surface area (Å²) >= 11 is 0. The summed E-state index contributed by atoms with van der Waals surface area (Å²) in [5.41, 5.74) is 7.82. The minimum atomic E-state index is -0.384. The maximum Gasteiger partial charge on any atom is 0.267 e. The van der Waals surface area contributed by atoms with Crippen LogP contribution in [0.2, 0.25) is 0 Å². The number of unbranched alkanes of at least 4 members (excludes halogenated alkanes) is 1. The van der Waals surface area contributed by atoms with Gasteiger partial charge in [-0.05, 0) is 71.1 Å². The first-order valence-electron chi connectivity index (χ1n) is 10.2. The predicted molar refractivity (Wildman–Crippen MR) is 115 cm³/mol. The van der Waals surface area contributed by atoms with Gasteiger partial charge in [-0.15, -0.1) is 0 Å². The number of hydrogen-bond acceptors (Lipinski definition) is 4. The van der Waals surface area contributed by atoms with Gasteiger partial charge in [-0.25, -0.2) is 0 Å². The normalized spacial score (nSPS) is 19.2. The molecule has 1 heterocycles. The Morgan fingerprint density at radius 2 is 1.82 bits per heavy atom. The number of nitrogens with one attached hydrogen (secondary N) is 1. The van der Waals surface area contributed by atoms with E-state index in [0.717, 1.165) is 32.1 Å². The van der Waals surface area contributed by atoms with E-state index in [2.05, 4.69) is 50.9 Å². The van der Waals surface area contributed by atoms with Gasteiger partial charge in [-0.3, -0.25) is 4.79 Å². The Bertz CT molecular complexity index is 738. The van der Waals surface area contributed by atoms with E-state index in [4.69, 9.17) is 5.73 Å². The van der Waals surface area contributed by atoms with Crippen molar-refractivity contribution in [1.82, 2.24) is 4.90 Å². The van der Waals surface area contributed by atoms with Crippen LogP contribution < -0.4 is 11.1 Å². The number of carbonyl (C=O) groups excluding carboxylic acids is 1. The first-order valence-corrected chi connectivity index (χ1v) is 10.2. The van der Waals surface area contributed by atoms with Gasteiger partial charge in [0.25, 0.3) is 5.91 Å². The molecule has 28 heavy (non-hydrogen) atoms. The lowest BCUT2D eigenvalue weighted by atomic mass is 9.77. The summed E-state index contributed by atoms with van der Waals surface area (Å²) in [4.78, 5) is 14.8. The second-order valence-corrected chi connectivity index (χ2v) is 9.07. The average molecular weight is 383 g/mol. The highest BCUT2D eigenvalue weighted by Gasteiger charge is 2.43. The summed E-state index contributed by atoms with van der Waals surface area (Å²) in [6.07, 6.45) is 6.67. The Balaban J connectivity index is 2.17. The van der Waals surface area contributed by atoms with E-state index in [-0.39, 0.29) is 28.6 Å². The molecule has 0 spiro atoms. The Hall–Kier alpha value is -2.32. The smallest absolute Gasteiger partial charge is 0.267 e. The number of rotatable bonds is 6. The molecule has 1 aliphatic heterocycles. The highest BCUT2D eigenvalue weighted by Crippen LogP contribution is 2.38. The lowest BCUT2D eigenvalue weighted by Crippen LogP contribution is -2.61. The summed E-state index contributed by atoms with van der Waals surface area (Å²) in [6.45, 7) is 10.6. The van der Waals surface area contributed by atoms with Gasteiger partial charge in [-0.2, -0.15) is 5.26 Å². The fourth-order valence-electron chi connectivity index (χ4n) is 4.32. The van der Waals surface area contributed by atoms with Crippen LogP contribution in [-0.4, -0.2) is 27.9 Å². The quantitative estimate of drug-likeness (QED) is 0.566. The Kier molecular flexibility index (Phi) is 6.90. The van der Waals surface area contributed by atoms with Crippen LogP contribution in [0.25, 0.3) is 0 Å². The largest absolute Gasteiger partial charge is 0.366 e. The van der Waals surface area contributed by atoms with Crippen molar-refractivity contribution in [3.05, 3.63) is 41.6 Å². The number of aryl methyl sites for hydroxylation is 1. The number of carbonyl (C=O) groups is 1. The molecule has 1 amide bonds. The Morgan fingerprint density at radius 3 is 2.32 bits per heavy atom. The molecule has 0 aliphatic carbocycles. The second-order valence-electron chi connectivity index (χ2n) is 9.07. The third kappa shape index (κ3) is 5.36. The van der Waals surface area contributed by atoms with Gasteiger partial charge >= 0.3 is 0 Å². The SMILES string of the molecule is CCCCc1ccc(NC(=O)/C(C#N)=C\N2C(C)(C)CC(N)CC2(C)C)cc1. The van der Waals surface area contributed by atoms with E-state index in [1.54, 1.807) is 6.20 Å². The summed E-state index contributed by atoms with van der Waals surface area (Å²) in [5, 5.41) is 12.5. The Morgan fingerprint density at radius 1 is 1.25 bits per heavy atom. The maximum atomic E-state index is 12.7. The van der Waals surface area contributed by atoms with Gasteiger partial charge in [0.15, 0.2) is 0 Å². The summed E-state index contributed by atoms with van der Waals surface area (Å²) in [5.74, 6) is -0.384. The van der Waals surface area contributed by atoms with Crippen molar-refractivity contribution in [2.75, 3.05) is 5.32 Å². The summed E-state index contributed by atoms with van der Waals surface area (Å²) in [7, 11) is 0. The molecule has 0 bridgehead atoms. The van der Waals surface area contributed by atoms with Crippen LogP contribution in [0.3, 0.4) is 0 Å². The van der Waals surface area contributed by atoms with Gasteiger partial charge in [0, 0.05) is 29.0 Å². The number of nitrogens with two attached hydrogens (primary N) is 1. The maximum absolute atomic E-state index is 12.7. The van der Waals surface area contributed by atoms with E-state index < -0.39 is 0 Å². The number of nitriles is 1. The van der Waals surface area contributed by atoms with Crippen LogP contribution in [0.4, 0.5) is 5.69 Å². The standard InChI is InChI=1S/C23H34N4O/c1-6-7-8-17-9-11-20(12-10-17)26-21(28)18(15-24)16-27-22(2,3)13-19(25)14-23(27,4)5/h9-12,16,19H,6-8,13-14,25H2,1-5H3,(H,26,28)/b18-16-. The second kappa shape index (κ2) is 8.79. The van der Waals surface area contributed by atoms with Crippen molar-refractivity contribution >= 4 is 11.6 Å². The van der Waals surface area contributed by atoms with Gasteiger partial charge in [0.1, 0.15) is 11.6 Å². The van der Waals surface area contributed by atoms with Crippen LogP contribution in [0, 0.1) is 11.3 Å². The molecule has 0 saturated carbocycles. The molecule has 1 aromatic carbocycles. The van der Waals surface area contributed by atoms with Crippen LogP contribution in [0.15, 0.2) is 36.0 Å². The number of anilines is 1. The molecule has 0 atom stereocenters. The van der Waals surface area contributed by atoms with Crippen molar-refractivity contribution < 1.29 is 4.79 Å². The number of amides is 1. The molecule has 1 fully saturated rings. The minimum absolute atomic E-state index is 0.103. The van der Waals surface area contributed by atoms with E-state index >= 15 is 0 Å². The highest BCUT2D eigenvalue weighted by molar-refractivity contribution is 6.06. The number of nitrogens with zero attached hydrogens (tertiary/aromatic N) is 2. The van der Waals surface area contributed by atoms with E-state index in [1.165, 1.54) is 5.56 Å². The lowest BCUT2D eigenvalue weighted by molar-refractivity contribution is -0.112. The highest BCUT2D eigenvalue weighted by atomic mass is 16.1. The third-order valence-electron chi connectivity index (χ3n) is 5.48. The van der Waals surface area contributed by atoms with Gasteiger partial charge < -0.3 is 16.0 Å².